The van der Waals surface area contributed by atoms with E-state index in [1.165, 1.54) is 10.8 Å². The van der Waals surface area contributed by atoms with E-state index < -0.39 is 5.97 Å². The number of aryl methyl sites for hydroxylation is 1. The summed E-state index contributed by atoms with van der Waals surface area (Å²) < 4.78 is 2.95. The van der Waals surface area contributed by atoms with Gasteiger partial charge in [0, 0.05) is 20.3 Å². The predicted octanol–water partition coefficient (Wildman–Crippen LogP) is -1.16. The Morgan fingerprint density at radius 1 is 1.67 bits per heavy atom. The number of imidazole rings is 1. The lowest BCUT2D eigenvalue weighted by Crippen LogP contribution is -2.25. The summed E-state index contributed by atoms with van der Waals surface area (Å²) in [6, 6.07) is 0. The van der Waals surface area contributed by atoms with Crippen molar-refractivity contribution in [2.45, 2.75) is 0 Å². The highest BCUT2D eigenvalue weighted by Crippen LogP contribution is 1.92. The molecule has 1 heterocycles. The summed E-state index contributed by atoms with van der Waals surface area (Å²) in [4.78, 5) is 10.6. The summed E-state index contributed by atoms with van der Waals surface area (Å²) in [7, 11) is 3.27. The molecule has 0 aliphatic heterocycles. The van der Waals surface area contributed by atoms with E-state index in [2.05, 4.69) is 5.10 Å². The quantitative estimate of drug-likeness (QED) is 0.411. The summed E-state index contributed by atoms with van der Waals surface area (Å²) in [5, 5.41) is 12.1. The van der Waals surface area contributed by atoms with E-state index >= 15 is 0 Å². The Balaban J connectivity index is 3.48. The largest absolute Gasteiger partial charge is 0.477 e. The number of nitrogens with zero attached hydrogens (tertiary/aromatic N) is 3. The first-order valence-corrected chi connectivity index (χ1v) is 3.27. The maximum absolute atomic E-state index is 10.6. The maximum atomic E-state index is 10.6. The van der Waals surface area contributed by atoms with Gasteiger partial charge >= 0.3 is 5.97 Å². The minimum absolute atomic E-state index is 0.154. The van der Waals surface area contributed by atoms with Gasteiger partial charge in [0.15, 0.2) is 0 Å². The first-order chi connectivity index (χ1) is 5.57. The fourth-order valence-electron chi connectivity index (χ4n) is 1.05. The molecule has 1 aromatic heterocycles. The highest BCUT2D eigenvalue weighted by Gasteiger charge is 2.10. The molecule has 0 saturated carbocycles. The molecule has 0 aliphatic carbocycles. The Labute approximate surface area is 68.5 Å². The van der Waals surface area contributed by atoms with E-state index in [1.807, 2.05) is 0 Å². The van der Waals surface area contributed by atoms with Crippen molar-refractivity contribution in [2.75, 3.05) is 0 Å². The fraction of sp³-hybridized carbons (Fsp3) is 0.333. The summed E-state index contributed by atoms with van der Waals surface area (Å²) in [5.74, 6) is 4.06. The molecule has 6 nitrogen and oxygen atoms in total. The summed E-state index contributed by atoms with van der Waals surface area (Å²) in [5.41, 5.74) is 0.564. The van der Waals surface area contributed by atoms with E-state index in [4.69, 9.17) is 10.9 Å². The molecule has 1 aromatic rings. The van der Waals surface area contributed by atoms with Gasteiger partial charge in [-0.2, -0.15) is 0 Å². The zero-order valence-corrected chi connectivity index (χ0v) is 6.85. The van der Waals surface area contributed by atoms with E-state index in [-0.39, 0.29) is 5.69 Å². The van der Waals surface area contributed by atoms with Crippen LogP contribution in [0.4, 0.5) is 0 Å². The van der Waals surface area contributed by atoms with Crippen LogP contribution in [0.1, 0.15) is 10.5 Å². The molecule has 0 radical (unpaired) electrons. The predicted molar refractivity (Wildman–Crippen MR) is 41.1 cm³/mol. The van der Waals surface area contributed by atoms with Gasteiger partial charge in [-0.3, -0.25) is 0 Å². The lowest BCUT2D eigenvalue weighted by Gasteiger charge is -1.93. The molecule has 66 valence electrons. The summed E-state index contributed by atoms with van der Waals surface area (Å²) in [6.45, 7) is 0. The van der Waals surface area contributed by atoms with Crippen LogP contribution in [0.2, 0.25) is 0 Å². The van der Waals surface area contributed by atoms with E-state index in [0.717, 1.165) is 0 Å². The van der Waals surface area contributed by atoms with Crippen LogP contribution in [-0.2, 0) is 14.1 Å². The molecule has 0 atom stereocenters. The molecule has 0 bridgehead atoms. The molecule has 0 aromatic carbocycles. The molecule has 12 heavy (non-hydrogen) atoms. The highest BCUT2D eigenvalue weighted by atomic mass is 16.4. The van der Waals surface area contributed by atoms with Gasteiger partial charge in [0.2, 0.25) is 5.62 Å². The molecule has 0 saturated heterocycles. The zero-order chi connectivity index (χ0) is 9.30. The standard InChI is InChI=1S/C6H10N4O2/c1-9-3-4(5(11)12)10(2)6(9)8-7/h3H,7H2,1-2H3,(H,11,12)/b8-6-. The second kappa shape index (κ2) is 2.72. The van der Waals surface area contributed by atoms with Crippen LogP contribution in [0.15, 0.2) is 11.3 Å². The smallest absolute Gasteiger partial charge is 0.354 e. The number of hydrogen-bond acceptors (Lipinski definition) is 3. The van der Waals surface area contributed by atoms with Gasteiger partial charge < -0.3 is 20.1 Å². The Kier molecular flexibility index (Phi) is 1.90. The topological polar surface area (TPSA) is 85.5 Å². The molecular formula is C6H10N4O2. The number of carbonyl (C=O) groups is 1. The second-order valence-electron chi connectivity index (χ2n) is 2.42. The lowest BCUT2D eigenvalue weighted by molar-refractivity contribution is 0.0686. The molecule has 0 unspecified atom stereocenters. The molecule has 3 N–H and O–H groups in total. The van der Waals surface area contributed by atoms with Gasteiger partial charge in [-0.05, 0) is 0 Å². The van der Waals surface area contributed by atoms with E-state index in [1.54, 1.807) is 18.7 Å². The lowest BCUT2D eigenvalue weighted by atomic mass is 10.5. The first-order valence-electron chi connectivity index (χ1n) is 3.27. The van der Waals surface area contributed by atoms with Crippen molar-refractivity contribution in [3.63, 3.8) is 0 Å². The number of carboxylic acids is 1. The van der Waals surface area contributed by atoms with Crippen molar-refractivity contribution in [3.05, 3.63) is 17.5 Å². The van der Waals surface area contributed by atoms with Crippen LogP contribution in [0.25, 0.3) is 0 Å². The Morgan fingerprint density at radius 2 is 2.25 bits per heavy atom. The number of nitrogens with two attached hydrogens (primary N) is 1. The Morgan fingerprint density at radius 3 is 2.50 bits per heavy atom. The van der Waals surface area contributed by atoms with Gasteiger partial charge in [-0.15, -0.1) is 5.10 Å². The van der Waals surface area contributed by atoms with Crippen LogP contribution < -0.4 is 11.5 Å². The highest BCUT2D eigenvalue weighted by molar-refractivity contribution is 5.85. The average molecular weight is 170 g/mol. The van der Waals surface area contributed by atoms with Crippen LogP contribution in [0.3, 0.4) is 0 Å². The zero-order valence-electron chi connectivity index (χ0n) is 6.85. The van der Waals surface area contributed by atoms with Crippen molar-refractivity contribution in [2.24, 2.45) is 25.0 Å². The molecule has 0 amide bonds. The van der Waals surface area contributed by atoms with Gasteiger partial charge in [0.1, 0.15) is 5.69 Å². The molecular weight excluding hydrogens is 160 g/mol. The normalized spacial score (nSPS) is 12.0. The van der Waals surface area contributed by atoms with E-state index in [0.29, 0.717) is 5.62 Å². The van der Waals surface area contributed by atoms with Crippen molar-refractivity contribution >= 4 is 5.97 Å². The molecule has 0 fully saturated rings. The van der Waals surface area contributed by atoms with Crippen molar-refractivity contribution in [1.29, 1.82) is 0 Å². The van der Waals surface area contributed by atoms with Crippen molar-refractivity contribution in [1.82, 2.24) is 9.13 Å². The fourth-order valence-corrected chi connectivity index (χ4v) is 1.05. The number of aromatic carboxylic acids is 1. The number of hydrogen-bond donors (Lipinski definition) is 2. The van der Waals surface area contributed by atoms with Crippen LogP contribution in [-0.4, -0.2) is 20.2 Å². The number of aromatic nitrogens is 2. The third-order valence-corrected chi connectivity index (χ3v) is 1.63. The molecule has 0 spiro atoms. The maximum Gasteiger partial charge on any atom is 0.354 e. The monoisotopic (exact) mass is 170 g/mol. The summed E-state index contributed by atoms with van der Waals surface area (Å²) in [6.07, 6.45) is 1.45. The van der Waals surface area contributed by atoms with Crippen LogP contribution in [0, 0.1) is 0 Å². The molecule has 1 rings (SSSR count). The van der Waals surface area contributed by atoms with Gasteiger partial charge in [0.25, 0.3) is 0 Å². The SMILES string of the molecule is Cn1cc(C(=O)O)n(C)/c1=N\N. The van der Waals surface area contributed by atoms with Crippen molar-refractivity contribution in [3.8, 4) is 0 Å². The molecule has 6 heteroatoms. The van der Waals surface area contributed by atoms with Crippen LogP contribution in [0.5, 0.6) is 0 Å². The Hall–Kier alpha value is -1.72. The average Bonchev–Trinajstić information content (AvgIpc) is 2.27. The summed E-state index contributed by atoms with van der Waals surface area (Å²) >= 11 is 0. The van der Waals surface area contributed by atoms with Gasteiger partial charge in [-0.1, -0.05) is 0 Å². The third-order valence-electron chi connectivity index (χ3n) is 1.63. The second-order valence-corrected chi connectivity index (χ2v) is 2.42. The van der Waals surface area contributed by atoms with E-state index in [9.17, 15) is 4.79 Å². The van der Waals surface area contributed by atoms with Crippen molar-refractivity contribution < 1.29 is 9.90 Å². The first kappa shape index (κ1) is 8.38. The molecule has 0 aliphatic rings. The third kappa shape index (κ3) is 1.07. The van der Waals surface area contributed by atoms with Gasteiger partial charge in [-0.25, -0.2) is 4.79 Å². The minimum atomic E-state index is -0.997. The van der Waals surface area contributed by atoms with Crippen LogP contribution >= 0.6 is 0 Å². The minimum Gasteiger partial charge on any atom is -0.477 e. The Bertz CT molecular complexity index is 373. The number of rotatable bonds is 1. The number of carboxylic acid groups (broad SMARTS) is 1. The van der Waals surface area contributed by atoms with Gasteiger partial charge in [0.05, 0.1) is 0 Å².